The average Bonchev–Trinajstić information content (AvgIpc) is 4.03. The summed E-state index contributed by atoms with van der Waals surface area (Å²) in [5, 5.41) is 12.5. The molecule has 0 spiro atoms. The number of rotatable bonds is 16. The smallest absolute Gasteiger partial charge is 0.410 e. The second kappa shape index (κ2) is 25.1. The molecule has 8 rings (SSSR count). The highest BCUT2D eigenvalue weighted by atomic mass is 28.3. The monoisotopic (exact) mass is 1140 g/mol. The Kier molecular flexibility index (Phi) is 18.7. The zero-order valence-electron chi connectivity index (χ0n) is 49.4. The molecule has 0 aromatic heterocycles. The van der Waals surface area contributed by atoms with Crippen LogP contribution < -0.4 is 27.0 Å². The van der Waals surface area contributed by atoms with Crippen molar-refractivity contribution in [3.8, 4) is 0 Å². The SMILES string of the molecule is C[C@@H](C(=O)N[C@@H](Cc1ccc(CC(=O)c2ccc(C(=O)NC3C[C@@H](C(=O)N[C@@H]4CCCc5ccccc54)N(C(=O)[C@@H](N)C(C)(C)C)C3)cc2)cc1)C(=O)N1C[Si](C)(C)C[C@H]1C(=O)NC1CCCc2ccccc21)N(C)C(=O)OC(C)(C)C. The fourth-order valence-corrected chi connectivity index (χ4v) is 14.7. The number of carbonyl (C=O) groups is 8. The van der Waals surface area contributed by atoms with Gasteiger partial charge in [0, 0.05) is 49.8 Å². The Labute approximate surface area is 484 Å². The number of hydrogen-bond acceptors (Lipinski definition) is 10. The van der Waals surface area contributed by atoms with Crippen LogP contribution >= 0.6 is 0 Å². The first-order valence-electron chi connectivity index (χ1n) is 29.1. The Balaban J connectivity index is 0.925. The van der Waals surface area contributed by atoms with Crippen LogP contribution in [0.4, 0.5) is 4.79 Å². The van der Waals surface area contributed by atoms with Gasteiger partial charge in [0.05, 0.1) is 26.2 Å². The van der Waals surface area contributed by atoms with Crippen LogP contribution in [0.1, 0.15) is 147 Å². The van der Waals surface area contributed by atoms with Crippen molar-refractivity contribution in [3.63, 3.8) is 0 Å². The van der Waals surface area contributed by atoms with E-state index in [9.17, 15) is 38.4 Å². The van der Waals surface area contributed by atoms with Crippen LogP contribution in [0, 0.1) is 5.41 Å². The second-order valence-electron chi connectivity index (χ2n) is 25.9. The Morgan fingerprint density at radius 2 is 1.23 bits per heavy atom. The number of likely N-dealkylation sites (N-methyl/N-ethyl adjacent to an activating group) is 1. The molecule has 4 aromatic rings. The number of amides is 7. The maximum atomic E-state index is 15.0. The Bertz CT molecular complexity index is 3040. The summed E-state index contributed by atoms with van der Waals surface area (Å²) < 4.78 is 5.53. The summed E-state index contributed by atoms with van der Waals surface area (Å²) in [5.74, 6) is -2.43. The van der Waals surface area contributed by atoms with E-state index in [0.717, 1.165) is 49.7 Å². The van der Waals surface area contributed by atoms with Crippen molar-refractivity contribution in [2.45, 2.75) is 179 Å². The first kappa shape index (κ1) is 60.9. The van der Waals surface area contributed by atoms with Crippen LogP contribution in [0.2, 0.25) is 19.1 Å². The molecule has 82 heavy (non-hydrogen) atoms. The number of nitrogens with zero attached hydrogens (tertiary/aromatic N) is 3. The van der Waals surface area contributed by atoms with Crippen molar-refractivity contribution in [2.24, 2.45) is 11.1 Å². The fourth-order valence-electron chi connectivity index (χ4n) is 11.8. The van der Waals surface area contributed by atoms with Gasteiger partial charge >= 0.3 is 6.09 Å². The van der Waals surface area contributed by atoms with E-state index in [2.05, 4.69) is 52.6 Å². The van der Waals surface area contributed by atoms with E-state index in [4.69, 9.17) is 10.5 Å². The molecule has 18 heteroatoms. The van der Waals surface area contributed by atoms with Crippen molar-refractivity contribution in [1.29, 1.82) is 0 Å². The molecule has 17 nitrogen and oxygen atoms in total. The molecule has 2 aliphatic carbocycles. The number of carbonyl (C=O) groups excluding carboxylic acids is 8. The van der Waals surface area contributed by atoms with E-state index in [1.54, 1.807) is 69.0 Å². The lowest BCUT2D eigenvalue weighted by molar-refractivity contribution is -0.141. The number of fused-ring (bicyclic) bond motifs is 2. The maximum Gasteiger partial charge on any atom is 0.410 e. The normalized spacial score (nSPS) is 21.4. The molecule has 4 aromatic carbocycles. The van der Waals surface area contributed by atoms with Crippen LogP contribution in [0.25, 0.3) is 0 Å². The van der Waals surface area contributed by atoms with E-state index in [0.29, 0.717) is 34.5 Å². The molecule has 4 aliphatic rings. The summed E-state index contributed by atoms with van der Waals surface area (Å²) in [6.45, 7) is 16.8. The van der Waals surface area contributed by atoms with Gasteiger partial charge in [-0.2, -0.15) is 0 Å². The maximum absolute atomic E-state index is 15.0. The molecule has 2 heterocycles. The van der Waals surface area contributed by atoms with Gasteiger partial charge in [-0.1, -0.05) is 119 Å². The Hall–Kier alpha value is -7.18. The van der Waals surface area contributed by atoms with E-state index < -0.39 is 79.2 Å². The summed E-state index contributed by atoms with van der Waals surface area (Å²) in [6.07, 6.45) is 5.35. The van der Waals surface area contributed by atoms with Gasteiger partial charge in [-0.25, -0.2) is 4.79 Å². The minimum absolute atomic E-state index is 0.0354. The quantitative estimate of drug-likeness (QED) is 0.0555. The molecule has 2 unspecified atom stereocenters. The summed E-state index contributed by atoms with van der Waals surface area (Å²) in [6, 6.07) is 24.9. The third-order valence-electron chi connectivity index (χ3n) is 16.7. The number of likely N-dealkylation sites (tertiary alicyclic amines) is 1. The molecule has 7 amide bonds. The van der Waals surface area contributed by atoms with Gasteiger partial charge < -0.3 is 41.5 Å². The second-order valence-corrected chi connectivity index (χ2v) is 31.0. The lowest BCUT2D eigenvalue weighted by Gasteiger charge is -2.33. The minimum atomic E-state index is -2.10. The average molecular weight is 1140 g/mol. The molecular weight excluding hydrogens is 1050 g/mol. The number of hydrogen-bond donors (Lipinski definition) is 5. The number of ether oxygens (including phenoxy) is 1. The highest BCUT2D eigenvalue weighted by Gasteiger charge is 2.48. The van der Waals surface area contributed by atoms with Gasteiger partial charge in [-0.3, -0.25) is 38.5 Å². The first-order chi connectivity index (χ1) is 38.7. The molecule has 6 N–H and O–H groups in total. The Morgan fingerprint density at radius 3 is 1.79 bits per heavy atom. The zero-order chi connectivity index (χ0) is 59.4. The van der Waals surface area contributed by atoms with Crippen molar-refractivity contribution < 1.29 is 43.1 Å². The number of benzene rings is 4. The van der Waals surface area contributed by atoms with Crippen molar-refractivity contribution in [1.82, 2.24) is 36.0 Å². The molecule has 2 aliphatic heterocycles. The predicted molar refractivity (Wildman–Crippen MR) is 317 cm³/mol. The molecule has 0 radical (unpaired) electrons. The van der Waals surface area contributed by atoms with E-state index in [1.165, 1.54) is 28.0 Å². The first-order valence-corrected chi connectivity index (χ1v) is 32.5. The molecule has 0 saturated carbocycles. The summed E-state index contributed by atoms with van der Waals surface area (Å²) in [4.78, 5) is 116. The number of nitrogens with two attached hydrogens (primary N) is 1. The van der Waals surface area contributed by atoms with Gasteiger partial charge in [-0.15, -0.1) is 0 Å². The summed E-state index contributed by atoms with van der Waals surface area (Å²) in [5.41, 5.74) is 11.8. The van der Waals surface area contributed by atoms with Crippen LogP contribution in [-0.2, 0) is 54.4 Å². The number of aryl methyl sites for hydroxylation is 2. The lowest BCUT2D eigenvalue weighted by atomic mass is 9.86. The van der Waals surface area contributed by atoms with Crippen LogP contribution in [0.15, 0.2) is 97.1 Å². The molecule has 0 bridgehead atoms. The summed E-state index contributed by atoms with van der Waals surface area (Å²) in [7, 11) is -0.636. The van der Waals surface area contributed by atoms with Gasteiger partial charge in [0.2, 0.25) is 29.5 Å². The van der Waals surface area contributed by atoms with E-state index >= 15 is 0 Å². The highest BCUT2D eigenvalue weighted by molar-refractivity contribution is 6.79. The number of ketones is 1. The van der Waals surface area contributed by atoms with Crippen LogP contribution in [0.5, 0.6) is 0 Å². The fraction of sp³-hybridized carbons (Fsp3) is 0.500. The lowest BCUT2D eigenvalue weighted by Crippen LogP contribution is -2.57. The van der Waals surface area contributed by atoms with Gasteiger partial charge in [-0.05, 0) is 130 Å². The molecule has 438 valence electrons. The van der Waals surface area contributed by atoms with E-state index in [1.807, 2.05) is 63.2 Å². The Morgan fingerprint density at radius 1 is 0.695 bits per heavy atom. The predicted octanol–water partition coefficient (Wildman–Crippen LogP) is 7.31. The molecular formula is C64H84N8O9Si. The highest BCUT2D eigenvalue weighted by Crippen LogP contribution is 2.34. The third-order valence-corrected chi connectivity index (χ3v) is 19.3. The number of Topliss-reactive ketones (excluding diaryl/α,β-unsaturated/α-hetero) is 1. The van der Waals surface area contributed by atoms with Crippen LogP contribution in [0.3, 0.4) is 0 Å². The van der Waals surface area contributed by atoms with Gasteiger partial charge in [0.25, 0.3) is 5.91 Å². The topological polar surface area (TPSA) is 230 Å². The van der Waals surface area contributed by atoms with Crippen molar-refractivity contribution in [3.05, 3.63) is 142 Å². The van der Waals surface area contributed by atoms with Crippen molar-refractivity contribution >= 4 is 55.4 Å². The number of nitrogens with one attached hydrogen (secondary N) is 4. The zero-order valence-corrected chi connectivity index (χ0v) is 50.4. The minimum Gasteiger partial charge on any atom is -0.444 e. The van der Waals surface area contributed by atoms with Crippen LogP contribution in [-0.4, -0.2) is 132 Å². The largest absolute Gasteiger partial charge is 0.444 e. The molecule has 2 fully saturated rings. The molecule has 2 saturated heterocycles. The van der Waals surface area contributed by atoms with Gasteiger partial charge in [0.1, 0.15) is 29.8 Å². The third kappa shape index (κ3) is 14.7. The standard InChI is InChI=1S/C64H84N8O9Si/c1-39(70(8)62(80)81-64(5,6)7)56(74)69-51(60(78)72-38-82(9,10)37-53(72)59(77)68-50-24-16-20-43-18-12-14-22-48(43)50)33-40-25-27-41(28-26-40)34-54(73)44-29-31-45(32-30-44)57(75)66-46-35-52(71(36-46)61(79)55(65)63(2,3)4)58(76)67-49-23-15-19-42-17-11-13-21-47(42)49/h11-14,17-18,21-22,25-32,39,46,49-53,55H,15-16,19-20,23-24,33-38,65H2,1-10H3,(H,66,75)(H,67,76)(H,68,77)(H,69,74)/t39-,46?,49+,50?,51-,52-,53-,55+/m0/s1. The molecule has 8 atom stereocenters. The summed E-state index contributed by atoms with van der Waals surface area (Å²) >= 11 is 0. The van der Waals surface area contributed by atoms with Crippen molar-refractivity contribution in [2.75, 3.05) is 19.8 Å². The van der Waals surface area contributed by atoms with Gasteiger partial charge in [0.15, 0.2) is 5.78 Å². The van der Waals surface area contributed by atoms with E-state index in [-0.39, 0.29) is 61.4 Å².